The number of piperidine rings is 1. The monoisotopic (exact) mass is 452 g/mol. The van der Waals surface area contributed by atoms with E-state index in [-0.39, 0.29) is 5.95 Å². The van der Waals surface area contributed by atoms with Gasteiger partial charge in [-0.2, -0.15) is 4.39 Å². The molecule has 1 aromatic carbocycles. The van der Waals surface area contributed by atoms with E-state index in [9.17, 15) is 4.39 Å². The molecule has 2 aromatic heterocycles. The minimum Gasteiger partial charge on any atom is -0.356 e. The lowest BCUT2D eigenvalue weighted by Gasteiger charge is -2.32. The van der Waals surface area contributed by atoms with Crippen LogP contribution >= 0.6 is 11.6 Å². The van der Waals surface area contributed by atoms with Crippen LogP contribution in [0, 0.1) is 12.9 Å². The minimum absolute atomic E-state index is 0.304. The van der Waals surface area contributed by atoms with Gasteiger partial charge in [0.25, 0.3) is 0 Å². The fraction of sp³-hybridized carbons (Fsp3) is 0.458. The van der Waals surface area contributed by atoms with Gasteiger partial charge >= 0.3 is 0 Å². The highest BCUT2D eigenvalue weighted by Crippen LogP contribution is 2.37. The van der Waals surface area contributed by atoms with E-state index in [2.05, 4.69) is 41.7 Å². The summed E-state index contributed by atoms with van der Waals surface area (Å²) in [4.78, 5) is 8.82. The molecule has 4 heterocycles. The molecule has 0 amide bonds. The highest BCUT2D eigenvalue weighted by Gasteiger charge is 2.35. The standard InChI is InChI=1S/C24H26ClFN6/c1-15-2-7-21(27-23(15)26)30-10-8-16(9-11-30)24-29-28-22-14-31(19-4-5-19)13-17-12-18(25)3-6-20(17)32(22)24/h2-3,6-7,12,16,19H,4-5,8-11,13-14H2,1H3. The van der Waals surface area contributed by atoms with E-state index in [0.29, 0.717) is 23.3 Å². The van der Waals surface area contributed by atoms with E-state index in [0.717, 1.165) is 61.4 Å². The molecule has 0 unspecified atom stereocenters. The Morgan fingerprint density at radius 2 is 1.81 bits per heavy atom. The Morgan fingerprint density at radius 3 is 2.56 bits per heavy atom. The van der Waals surface area contributed by atoms with Gasteiger partial charge in [0.2, 0.25) is 5.95 Å². The van der Waals surface area contributed by atoms with Crippen LogP contribution < -0.4 is 4.90 Å². The number of rotatable bonds is 3. The second kappa shape index (κ2) is 7.81. The summed E-state index contributed by atoms with van der Waals surface area (Å²) >= 11 is 6.36. The molecule has 1 aliphatic carbocycles. The fourth-order valence-corrected chi connectivity index (χ4v) is 5.24. The molecule has 0 bridgehead atoms. The van der Waals surface area contributed by atoms with Crippen LogP contribution in [-0.2, 0) is 13.1 Å². The third-order valence-electron chi connectivity index (χ3n) is 7.02. The normalized spacial score (nSPS) is 19.5. The Hall–Kier alpha value is -2.51. The van der Waals surface area contributed by atoms with E-state index in [1.54, 1.807) is 13.0 Å². The molecule has 2 fully saturated rings. The molecule has 6 rings (SSSR count). The van der Waals surface area contributed by atoms with Gasteiger partial charge in [0.1, 0.15) is 11.6 Å². The molecular formula is C24H26ClFN6. The Kier molecular flexibility index (Phi) is 4.91. The molecule has 0 radical (unpaired) electrons. The molecule has 8 heteroatoms. The van der Waals surface area contributed by atoms with E-state index >= 15 is 0 Å². The van der Waals surface area contributed by atoms with Gasteiger partial charge in [-0.3, -0.25) is 9.47 Å². The average Bonchev–Trinajstić information content (AvgIpc) is 3.58. The van der Waals surface area contributed by atoms with Crippen molar-refractivity contribution in [2.24, 2.45) is 0 Å². The van der Waals surface area contributed by atoms with Gasteiger partial charge in [-0.05, 0) is 62.4 Å². The zero-order valence-corrected chi connectivity index (χ0v) is 18.9. The predicted molar refractivity (Wildman–Crippen MR) is 122 cm³/mol. The van der Waals surface area contributed by atoms with Crippen LogP contribution in [0.4, 0.5) is 10.2 Å². The first kappa shape index (κ1) is 20.1. The maximum absolute atomic E-state index is 14.0. The van der Waals surface area contributed by atoms with Crippen LogP contribution in [0.3, 0.4) is 0 Å². The molecule has 2 aliphatic heterocycles. The first-order valence-corrected chi connectivity index (χ1v) is 11.8. The van der Waals surface area contributed by atoms with Crippen molar-refractivity contribution in [2.75, 3.05) is 18.0 Å². The second-order valence-corrected chi connectivity index (χ2v) is 9.69. The van der Waals surface area contributed by atoms with E-state index in [1.165, 1.54) is 18.4 Å². The number of aryl methyl sites for hydroxylation is 1. The topological polar surface area (TPSA) is 50.1 Å². The zero-order valence-electron chi connectivity index (χ0n) is 18.1. The molecule has 3 aromatic rings. The second-order valence-electron chi connectivity index (χ2n) is 9.26. The Morgan fingerprint density at radius 1 is 1.00 bits per heavy atom. The lowest BCUT2D eigenvalue weighted by molar-refractivity contribution is 0.243. The number of nitrogens with zero attached hydrogens (tertiary/aromatic N) is 6. The SMILES string of the molecule is Cc1ccc(N2CCC(c3nnc4n3-c3ccc(Cl)cc3CN(C3CC3)C4)CC2)nc1F. The van der Waals surface area contributed by atoms with Gasteiger partial charge in [-0.1, -0.05) is 17.7 Å². The fourth-order valence-electron chi connectivity index (χ4n) is 5.05. The smallest absolute Gasteiger partial charge is 0.217 e. The van der Waals surface area contributed by atoms with E-state index < -0.39 is 0 Å². The van der Waals surface area contributed by atoms with Crippen LogP contribution in [0.2, 0.25) is 5.02 Å². The summed E-state index contributed by atoms with van der Waals surface area (Å²) in [7, 11) is 0. The number of hydrogen-bond acceptors (Lipinski definition) is 5. The van der Waals surface area contributed by atoms with Crippen molar-refractivity contribution in [3.8, 4) is 5.69 Å². The highest BCUT2D eigenvalue weighted by molar-refractivity contribution is 6.30. The van der Waals surface area contributed by atoms with Gasteiger partial charge in [0, 0.05) is 42.2 Å². The molecule has 0 atom stereocenters. The molecular weight excluding hydrogens is 427 g/mol. The van der Waals surface area contributed by atoms with Crippen LogP contribution in [-0.4, -0.2) is 43.8 Å². The van der Waals surface area contributed by atoms with Crippen LogP contribution in [0.15, 0.2) is 30.3 Å². The van der Waals surface area contributed by atoms with Crippen molar-refractivity contribution >= 4 is 17.4 Å². The first-order chi connectivity index (χ1) is 15.6. The number of benzene rings is 1. The van der Waals surface area contributed by atoms with Crippen molar-refractivity contribution in [1.29, 1.82) is 0 Å². The van der Waals surface area contributed by atoms with Crippen molar-refractivity contribution in [3.63, 3.8) is 0 Å². The van der Waals surface area contributed by atoms with Crippen molar-refractivity contribution < 1.29 is 4.39 Å². The maximum atomic E-state index is 14.0. The summed E-state index contributed by atoms with van der Waals surface area (Å²) in [6.07, 6.45) is 4.38. The number of fused-ring (bicyclic) bond motifs is 3. The lowest BCUT2D eigenvalue weighted by atomic mass is 9.95. The summed E-state index contributed by atoms with van der Waals surface area (Å²) in [6, 6.07) is 10.5. The zero-order chi connectivity index (χ0) is 21.8. The van der Waals surface area contributed by atoms with Gasteiger partial charge in [0.15, 0.2) is 5.82 Å². The Balaban J connectivity index is 1.29. The largest absolute Gasteiger partial charge is 0.356 e. The van der Waals surface area contributed by atoms with Crippen molar-refractivity contribution in [3.05, 3.63) is 64.1 Å². The Bertz CT molecular complexity index is 1170. The first-order valence-electron chi connectivity index (χ1n) is 11.4. The lowest BCUT2D eigenvalue weighted by Crippen LogP contribution is -2.34. The molecule has 0 spiro atoms. The van der Waals surface area contributed by atoms with Gasteiger partial charge in [0.05, 0.1) is 12.2 Å². The quantitative estimate of drug-likeness (QED) is 0.542. The molecule has 32 heavy (non-hydrogen) atoms. The summed E-state index contributed by atoms with van der Waals surface area (Å²) in [5.41, 5.74) is 2.96. The third-order valence-corrected chi connectivity index (χ3v) is 7.26. The number of pyridine rings is 1. The van der Waals surface area contributed by atoms with Crippen LogP contribution in [0.5, 0.6) is 0 Å². The summed E-state index contributed by atoms with van der Waals surface area (Å²) in [5, 5.41) is 10.1. The number of hydrogen-bond donors (Lipinski definition) is 0. The van der Waals surface area contributed by atoms with Gasteiger partial charge in [-0.25, -0.2) is 4.98 Å². The number of aromatic nitrogens is 4. The van der Waals surface area contributed by atoms with E-state index in [4.69, 9.17) is 11.6 Å². The number of halogens is 2. The summed E-state index contributed by atoms with van der Waals surface area (Å²) < 4.78 is 16.2. The van der Waals surface area contributed by atoms with Gasteiger partial charge < -0.3 is 4.90 Å². The highest BCUT2D eigenvalue weighted by atomic mass is 35.5. The summed E-state index contributed by atoms with van der Waals surface area (Å²) in [5.74, 6) is 2.68. The molecule has 3 aliphatic rings. The Labute approximate surface area is 192 Å². The molecule has 6 nitrogen and oxygen atoms in total. The molecule has 0 N–H and O–H groups in total. The minimum atomic E-state index is -0.386. The van der Waals surface area contributed by atoms with Crippen molar-refractivity contribution in [2.45, 2.75) is 57.7 Å². The average molecular weight is 453 g/mol. The number of anilines is 1. The van der Waals surface area contributed by atoms with Crippen molar-refractivity contribution in [1.82, 2.24) is 24.6 Å². The predicted octanol–water partition coefficient (Wildman–Crippen LogP) is 4.63. The maximum Gasteiger partial charge on any atom is 0.217 e. The van der Waals surface area contributed by atoms with Gasteiger partial charge in [-0.15, -0.1) is 10.2 Å². The third kappa shape index (κ3) is 3.57. The molecule has 1 saturated carbocycles. The molecule has 1 saturated heterocycles. The van der Waals surface area contributed by atoms with Crippen LogP contribution in [0.1, 0.15) is 54.4 Å². The summed E-state index contributed by atoms with van der Waals surface area (Å²) in [6.45, 7) is 5.10. The van der Waals surface area contributed by atoms with E-state index in [1.807, 2.05) is 12.1 Å². The van der Waals surface area contributed by atoms with Crippen LogP contribution in [0.25, 0.3) is 5.69 Å². The molecule has 166 valence electrons.